The maximum Gasteiger partial charge on any atom is 0.261 e. The van der Waals surface area contributed by atoms with Crippen molar-refractivity contribution < 1.29 is 4.79 Å². The number of hydrogen-bond donors (Lipinski definition) is 3. The zero-order chi connectivity index (χ0) is 14.0. The van der Waals surface area contributed by atoms with Gasteiger partial charge in [0.15, 0.2) is 0 Å². The van der Waals surface area contributed by atoms with Crippen LogP contribution in [-0.4, -0.2) is 15.7 Å². The minimum atomic E-state index is -0.631. The van der Waals surface area contributed by atoms with Crippen LogP contribution in [0.25, 0.3) is 0 Å². The fraction of sp³-hybridized carbons (Fsp3) is 0.182. The van der Waals surface area contributed by atoms with E-state index < -0.39 is 5.91 Å². The number of hydrogen-bond acceptors (Lipinski definition) is 6. The van der Waals surface area contributed by atoms with Gasteiger partial charge >= 0.3 is 0 Å². The molecule has 2 aromatic rings. The maximum absolute atomic E-state index is 11.2. The third-order valence-corrected chi connectivity index (χ3v) is 3.67. The molecule has 1 amide bonds. The third-order valence-electron chi connectivity index (χ3n) is 2.49. The van der Waals surface area contributed by atoms with Crippen molar-refractivity contribution in [2.75, 3.05) is 11.1 Å². The summed E-state index contributed by atoms with van der Waals surface area (Å²) in [6.07, 6.45) is 3.57. The van der Waals surface area contributed by atoms with Crippen molar-refractivity contribution in [1.82, 2.24) is 9.78 Å². The van der Waals surface area contributed by atoms with Crippen molar-refractivity contribution in [1.29, 1.82) is 5.26 Å². The quantitative estimate of drug-likeness (QED) is 0.756. The molecule has 0 saturated heterocycles. The van der Waals surface area contributed by atoms with Gasteiger partial charge in [-0.05, 0) is 0 Å². The van der Waals surface area contributed by atoms with Crippen LogP contribution >= 0.6 is 11.3 Å². The van der Waals surface area contributed by atoms with E-state index in [-0.39, 0.29) is 16.1 Å². The SMILES string of the molecule is Cn1cc(CNc2sc(C(N)=O)c(N)c2C#N)cn1. The van der Waals surface area contributed by atoms with Crippen LogP contribution in [0.4, 0.5) is 10.7 Å². The van der Waals surface area contributed by atoms with Crippen LogP contribution in [0.1, 0.15) is 20.8 Å². The summed E-state index contributed by atoms with van der Waals surface area (Å²) in [7, 11) is 1.82. The van der Waals surface area contributed by atoms with E-state index in [4.69, 9.17) is 16.7 Å². The summed E-state index contributed by atoms with van der Waals surface area (Å²) in [6, 6.07) is 1.97. The molecule has 0 aliphatic rings. The summed E-state index contributed by atoms with van der Waals surface area (Å²) >= 11 is 1.08. The molecular formula is C11H12N6OS. The molecule has 5 N–H and O–H groups in total. The van der Waals surface area contributed by atoms with Gasteiger partial charge in [0.25, 0.3) is 5.91 Å². The lowest BCUT2D eigenvalue weighted by Crippen LogP contribution is -2.10. The molecule has 0 saturated carbocycles. The fourth-order valence-electron chi connectivity index (χ4n) is 1.61. The van der Waals surface area contributed by atoms with Crippen LogP contribution in [0.3, 0.4) is 0 Å². The first-order chi connectivity index (χ1) is 9.02. The number of carbonyl (C=O) groups excluding carboxylic acids is 1. The van der Waals surface area contributed by atoms with Crippen LogP contribution in [0.15, 0.2) is 12.4 Å². The summed E-state index contributed by atoms with van der Waals surface area (Å²) in [5.74, 6) is -0.631. The summed E-state index contributed by atoms with van der Waals surface area (Å²) in [4.78, 5) is 11.4. The Hall–Kier alpha value is -2.53. The number of rotatable bonds is 4. The summed E-state index contributed by atoms with van der Waals surface area (Å²) < 4.78 is 1.68. The van der Waals surface area contributed by atoms with E-state index in [0.717, 1.165) is 16.9 Å². The van der Waals surface area contributed by atoms with Crippen molar-refractivity contribution in [3.8, 4) is 6.07 Å². The van der Waals surface area contributed by atoms with Crippen molar-refractivity contribution in [3.63, 3.8) is 0 Å². The van der Waals surface area contributed by atoms with Crippen LogP contribution in [-0.2, 0) is 13.6 Å². The normalized spacial score (nSPS) is 10.1. The highest BCUT2D eigenvalue weighted by Gasteiger charge is 2.19. The number of primary amides is 1. The highest BCUT2D eigenvalue weighted by Crippen LogP contribution is 2.34. The lowest BCUT2D eigenvalue weighted by atomic mass is 10.2. The topological polar surface area (TPSA) is 123 Å². The van der Waals surface area contributed by atoms with Gasteiger partial charge in [0.2, 0.25) is 0 Å². The Bertz CT molecular complexity index is 665. The van der Waals surface area contributed by atoms with E-state index in [1.54, 1.807) is 10.9 Å². The number of aryl methyl sites for hydroxylation is 1. The molecule has 0 bridgehead atoms. The highest BCUT2D eigenvalue weighted by molar-refractivity contribution is 7.18. The van der Waals surface area contributed by atoms with Crippen LogP contribution in [0, 0.1) is 11.3 Å². The Balaban J connectivity index is 2.23. The molecule has 2 aromatic heterocycles. The van der Waals surface area contributed by atoms with Crippen LogP contribution in [0.5, 0.6) is 0 Å². The molecule has 0 spiro atoms. The smallest absolute Gasteiger partial charge is 0.261 e. The van der Waals surface area contributed by atoms with Crippen LogP contribution < -0.4 is 16.8 Å². The number of anilines is 2. The van der Waals surface area contributed by atoms with E-state index in [1.165, 1.54) is 0 Å². The van der Waals surface area contributed by atoms with Gasteiger partial charge in [-0.3, -0.25) is 9.48 Å². The summed E-state index contributed by atoms with van der Waals surface area (Å²) in [6.45, 7) is 0.487. The van der Waals surface area contributed by atoms with Crippen molar-refractivity contribution in [2.24, 2.45) is 12.8 Å². The van der Waals surface area contributed by atoms with Crippen molar-refractivity contribution in [3.05, 3.63) is 28.4 Å². The Kier molecular flexibility index (Phi) is 3.39. The minimum absolute atomic E-state index is 0.133. The molecule has 2 rings (SSSR count). The van der Waals surface area contributed by atoms with Crippen LogP contribution in [0.2, 0.25) is 0 Å². The number of nitrogens with zero attached hydrogens (tertiary/aromatic N) is 3. The number of nitrogen functional groups attached to an aromatic ring is 1. The number of nitrogens with two attached hydrogens (primary N) is 2. The van der Waals surface area contributed by atoms with E-state index >= 15 is 0 Å². The third kappa shape index (κ3) is 2.51. The molecule has 0 aliphatic carbocycles. The molecule has 19 heavy (non-hydrogen) atoms. The van der Waals surface area contributed by atoms with Gasteiger partial charge in [-0.2, -0.15) is 10.4 Å². The number of nitrogens with one attached hydrogen (secondary N) is 1. The zero-order valence-electron chi connectivity index (χ0n) is 10.2. The molecule has 2 heterocycles. The lowest BCUT2D eigenvalue weighted by Gasteiger charge is -2.01. The van der Waals surface area contributed by atoms with Gasteiger partial charge in [0.1, 0.15) is 21.5 Å². The summed E-state index contributed by atoms with van der Waals surface area (Å²) in [5, 5.41) is 16.7. The van der Waals surface area contributed by atoms with E-state index in [1.807, 2.05) is 19.3 Å². The predicted octanol–water partition coefficient (Wildman–Crippen LogP) is 0.646. The molecule has 0 atom stereocenters. The standard InChI is InChI=1S/C11H12N6OS/c1-17-5-6(4-16-17)3-15-11-7(2-12)8(13)9(19-11)10(14)18/h4-5,15H,3,13H2,1H3,(H2,14,18). The second-order valence-electron chi connectivity index (χ2n) is 3.90. The maximum atomic E-state index is 11.2. The first-order valence-electron chi connectivity index (χ1n) is 5.36. The molecule has 8 heteroatoms. The predicted molar refractivity (Wildman–Crippen MR) is 72.5 cm³/mol. The van der Waals surface area contributed by atoms with Gasteiger partial charge in [0, 0.05) is 25.4 Å². The van der Waals surface area contributed by atoms with E-state index in [9.17, 15) is 4.79 Å². The fourth-order valence-corrected chi connectivity index (χ4v) is 2.53. The number of nitriles is 1. The molecule has 0 unspecified atom stereocenters. The Morgan fingerprint density at radius 1 is 1.68 bits per heavy atom. The molecule has 0 aromatic carbocycles. The monoisotopic (exact) mass is 276 g/mol. The molecule has 0 fully saturated rings. The average Bonchev–Trinajstić information content (AvgIpc) is 2.90. The largest absolute Gasteiger partial charge is 0.396 e. The highest BCUT2D eigenvalue weighted by atomic mass is 32.1. The van der Waals surface area contributed by atoms with Gasteiger partial charge < -0.3 is 16.8 Å². The van der Waals surface area contributed by atoms with Crippen molar-refractivity contribution >= 4 is 27.9 Å². The number of aromatic nitrogens is 2. The first-order valence-corrected chi connectivity index (χ1v) is 6.18. The Morgan fingerprint density at radius 3 is 2.95 bits per heavy atom. The molecular weight excluding hydrogens is 264 g/mol. The molecule has 0 aliphatic heterocycles. The molecule has 98 valence electrons. The van der Waals surface area contributed by atoms with Gasteiger partial charge in [-0.1, -0.05) is 0 Å². The van der Waals surface area contributed by atoms with Crippen molar-refractivity contribution in [2.45, 2.75) is 6.54 Å². The summed E-state index contributed by atoms with van der Waals surface area (Å²) in [5.41, 5.74) is 12.3. The first kappa shape index (κ1) is 12.9. The number of carbonyl (C=O) groups is 1. The van der Waals surface area contributed by atoms with Gasteiger partial charge in [0.05, 0.1) is 11.9 Å². The van der Waals surface area contributed by atoms with E-state index in [0.29, 0.717) is 11.5 Å². The second kappa shape index (κ2) is 4.99. The van der Waals surface area contributed by atoms with Gasteiger partial charge in [-0.25, -0.2) is 0 Å². The Labute approximate surface area is 113 Å². The zero-order valence-corrected chi connectivity index (χ0v) is 11.0. The Morgan fingerprint density at radius 2 is 2.42 bits per heavy atom. The molecule has 7 nitrogen and oxygen atoms in total. The van der Waals surface area contributed by atoms with E-state index in [2.05, 4.69) is 10.4 Å². The molecule has 0 radical (unpaired) electrons. The number of thiophene rings is 1. The minimum Gasteiger partial charge on any atom is -0.396 e. The van der Waals surface area contributed by atoms with Gasteiger partial charge in [-0.15, -0.1) is 11.3 Å². The average molecular weight is 276 g/mol. The lowest BCUT2D eigenvalue weighted by molar-refractivity contribution is 0.100. The number of amides is 1. The second-order valence-corrected chi connectivity index (χ2v) is 4.92.